The van der Waals surface area contributed by atoms with Gasteiger partial charge in [0.1, 0.15) is 5.76 Å². The Morgan fingerprint density at radius 1 is 1.31 bits per heavy atom. The van der Waals surface area contributed by atoms with Gasteiger partial charge in [0.25, 0.3) is 0 Å². The molecule has 16 heavy (non-hydrogen) atoms. The fourth-order valence-corrected chi connectivity index (χ4v) is 2.02. The minimum Gasteiger partial charge on any atom is -0.468 e. The summed E-state index contributed by atoms with van der Waals surface area (Å²) in [5.41, 5.74) is 5.88. The molecule has 0 aromatic carbocycles. The normalized spacial score (nSPS) is 14.0. The fourth-order valence-electron chi connectivity index (χ4n) is 2.02. The van der Waals surface area contributed by atoms with E-state index >= 15 is 0 Å². The largest absolute Gasteiger partial charge is 0.468 e. The topological polar surface area (TPSA) is 42.4 Å². The van der Waals surface area contributed by atoms with Crippen LogP contribution in [0.25, 0.3) is 0 Å². The van der Waals surface area contributed by atoms with Crippen LogP contribution in [0.3, 0.4) is 0 Å². The molecule has 0 amide bonds. The Morgan fingerprint density at radius 2 is 2.00 bits per heavy atom. The van der Waals surface area contributed by atoms with Gasteiger partial charge in [-0.15, -0.1) is 0 Å². The van der Waals surface area contributed by atoms with Gasteiger partial charge in [-0.25, -0.2) is 0 Å². The van der Waals surface area contributed by atoms with Gasteiger partial charge in [0.2, 0.25) is 0 Å². The predicted molar refractivity (Wildman–Crippen MR) is 67.2 cm³/mol. The predicted octanol–water partition coefficient (Wildman–Crippen LogP) is 2.65. The molecule has 92 valence electrons. The molecule has 0 aliphatic heterocycles. The quantitative estimate of drug-likeness (QED) is 0.807. The first-order chi connectivity index (χ1) is 7.56. The van der Waals surface area contributed by atoms with Crippen molar-refractivity contribution in [3.63, 3.8) is 0 Å². The summed E-state index contributed by atoms with van der Waals surface area (Å²) in [5, 5.41) is 0. The summed E-state index contributed by atoms with van der Waals surface area (Å²) in [6.07, 6.45) is 1.71. The summed E-state index contributed by atoms with van der Waals surface area (Å²) in [6.45, 7) is 10.5. The lowest BCUT2D eigenvalue weighted by Gasteiger charge is -2.34. The molecule has 1 aromatic rings. The second-order valence-corrected chi connectivity index (χ2v) is 4.95. The van der Waals surface area contributed by atoms with Gasteiger partial charge in [-0.2, -0.15) is 0 Å². The van der Waals surface area contributed by atoms with Crippen molar-refractivity contribution in [2.45, 2.75) is 39.8 Å². The van der Waals surface area contributed by atoms with Gasteiger partial charge in [-0.1, -0.05) is 13.8 Å². The zero-order valence-corrected chi connectivity index (χ0v) is 10.8. The van der Waals surface area contributed by atoms with Crippen LogP contribution in [0.5, 0.6) is 0 Å². The molecule has 0 saturated carbocycles. The van der Waals surface area contributed by atoms with E-state index in [0.29, 0.717) is 18.5 Å². The van der Waals surface area contributed by atoms with Crippen molar-refractivity contribution in [2.75, 3.05) is 13.1 Å². The highest BCUT2D eigenvalue weighted by Crippen LogP contribution is 2.23. The Kier molecular flexibility index (Phi) is 5.03. The van der Waals surface area contributed by atoms with Crippen LogP contribution in [0, 0.1) is 5.92 Å². The first kappa shape index (κ1) is 13.3. The van der Waals surface area contributed by atoms with Crippen molar-refractivity contribution < 1.29 is 4.42 Å². The number of hydrogen-bond donors (Lipinski definition) is 1. The Balaban J connectivity index is 2.81. The summed E-state index contributed by atoms with van der Waals surface area (Å²) in [5.74, 6) is 1.60. The molecule has 0 fully saturated rings. The zero-order chi connectivity index (χ0) is 12.1. The van der Waals surface area contributed by atoms with Crippen LogP contribution in [0.1, 0.15) is 39.5 Å². The van der Waals surface area contributed by atoms with Gasteiger partial charge in [0, 0.05) is 19.1 Å². The number of hydrogen-bond acceptors (Lipinski definition) is 3. The molecule has 3 heteroatoms. The van der Waals surface area contributed by atoms with E-state index in [1.165, 1.54) is 0 Å². The third-order valence-electron chi connectivity index (χ3n) is 2.73. The van der Waals surface area contributed by atoms with Crippen molar-refractivity contribution >= 4 is 0 Å². The Labute approximate surface area is 98.6 Å². The number of nitrogens with two attached hydrogens (primary N) is 1. The standard InChI is InChI=1S/C13H24N2O/c1-10(2)9-15(11(3)4)12(8-14)13-6-5-7-16-13/h5-7,10-12H,8-9,14H2,1-4H3. The van der Waals surface area contributed by atoms with Gasteiger partial charge >= 0.3 is 0 Å². The third-order valence-corrected chi connectivity index (χ3v) is 2.73. The van der Waals surface area contributed by atoms with Crippen molar-refractivity contribution in [3.8, 4) is 0 Å². The average molecular weight is 224 g/mol. The first-order valence-corrected chi connectivity index (χ1v) is 6.05. The highest BCUT2D eigenvalue weighted by Gasteiger charge is 2.24. The van der Waals surface area contributed by atoms with Crippen LogP contribution in [0.2, 0.25) is 0 Å². The van der Waals surface area contributed by atoms with Crippen molar-refractivity contribution in [3.05, 3.63) is 24.2 Å². The van der Waals surface area contributed by atoms with Crippen molar-refractivity contribution in [2.24, 2.45) is 11.7 Å². The van der Waals surface area contributed by atoms with Crippen LogP contribution >= 0.6 is 0 Å². The monoisotopic (exact) mass is 224 g/mol. The molecule has 0 bridgehead atoms. The van der Waals surface area contributed by atoms with E-state index in [-0.39, 0.29) is 6.04 Å². The second kappa shape index (κ2) is 6.06. The molecule has 1 rings (SSSR count). The Bertz CT molecular complexity index is 280. The maximum Gasteiger partial charge on any atom is 0.122 e. The van der Waals surface area contributed by atoms with E-state index in [4.69, 9.17) is 10.2 Å². The molecule has 0 radical (unpaired) electrons. The molecule has 0 aliphatic rings. The summed E-state index contributed by atoms with van der Waals surface area (Å²) in [7, 11) is 0. The van der Waals surface area contributed by atoms with Crippen LogP contribution < -0.4 is 5.73 Å². The van der Waals surface area contributed by atoms with Crippen LogP contribution in [-0.2, 0) is 0 Å². The lowest BCUT2D eigenvalue weighted by molar-refractivity contribution is 0.123. The molecule has 1 atom stereocenters. The minimum atomic E-state index is 0.192. The molecule has 0 spiro atoms. The van der Waals surface area contributed by atoms with Crippen LogP contribution in [0.4, 0.5) is 0 Å². The summed E-state index contributed by atoms with van der Waals surface area (Å²) >= 11 is 0. The smallest absolute Gasteiger partial charge is 0.122 e. The maximum atomic E-state index is 5.88. The Hall–Kier alpha value is -0.800. The first-order valence-electron chi connectivity index (χ1n) is 6.05. The van der Waals surface area contributed by atoms with Gasteiger partial charge < -0.3 is 10.2 Å². The number of furan rings is 1. The minimum absolute atomic E-state index is 0.192. The Morgan fingerprint density at radius 3 is 2.38 bits per heavy atom. The molecule has 2 N–H and O–H groups in total. The SMILES string of the molecule is CC(C)CN(C(C)C)C(CN)c1ccco1. The van der Waals surface area contributed by atoms with Gasteiger partial charge in [-0.05, 0) is 31.9 Å². The molecule has 0 aliphatic carbocycles. The lowest BCUT2D eigenvalue weighted by atomic mass is 10.1. The molecule has 0 saturated heterocycles. The molecule has 1 heterocycles. The zero-order valence-electron chi connectivity index (χ0n) is 10.8. The van der Waals surface area contributed by atoms with Crippen LogP contribution in [0.15, 0.2) is 22.8 Å². The van der Waals surface area contributed by atoms with E-state index in [0.717, 1.165) is 12.3 Å². The fraction of sp³-hybridized carbons (Fsp3) is 0.692. The maximum absolute atomic E-state index is 5.88. The van der Waals surface area contributed by atoms with E-state index in [2.05, 4.69) is 32.6 Å². The molecule has 1 aromatic heterocycles. The molecular weight excluding hydrogens is 200 g/mol. The number of nitrogens with zero attached hydrogens (tertiary/aromatic N) is 1. The van der Waals surface area contributed by atoms with Gasteiger partial charge in [0.05, 0.1) is 12.3 Å². The summed E-state index contributed by atoms with van der Waals surface area (Å²) < 4.78 is 5.48. The third kappa shape index (κ3) is 3.35. The van der Waals surface area contributed by atoms with Gasteiger partial charge in [0.15, 0.2) is 0 Å². The molecule has 1 unspecified atom stereocenters. The average Bonchev–Trinajstić information content (AvgIpc) is 2.70. The number of rotatable bonds is 6. The highest BCUT2D eigenvalue weighted by molar-refractivity contribution is 5.05. The van der Waals surface area contributed by atoms with Crippen LogP contribution in [-0.4, -0.2) is 24.0 Å². The van der Waals surface area contributed by atoms with E-state index in [1.54, 1.807) is 6.26 Å². The van der Waals surface area contributed by atoms with E-state index < -0.39 is 0 Å². The van der Waals surface area contributed by atoms with E-state index in [9.17, 15) is 0 Å². The lowest BCUT2D eigenvalue weighted by Crippen LogP contribution is -2.40. The van der Waals surface area contributed by atoms with Gasteiger partial charge in [-0.3, -0.25) is 4.90 Å². The van der Waals surface area contributed by atoms with E-state index in [1.807, 2.05) is 12.1 Å². The van der Waals surface area contributed by atoms with Crippen molar-refractivity contribution in [1.29, 1.82) is 0 Å². The second-order valence-electron chi connectivity index (χ2n) is 4.95. The highest BCUT2D eigenvalue weighted by atomic mass is 16.3. The summed E-state index contributed by atoms with van der Waals surface area (Å²) in [6, 6.07) is 4.59. The summed E-state index contributed by atoms with van der Waals surface area (Å²) in [4.78, 5) is 2.41. The molecule has 3 nitrogen and oxygen atoms in total. The molecular formula is C13H24N2O. The van der Waals surface area contributed by atoms with Crippen molar-refractivity contribution in [1.82, 2.24) is 4.90 Å².